The zero-order valence-electron chi connectivity index (χ0n) is 7.82. The van der Waals surface area contributed by atoms with Crippen molar-refractivity contribution in [3.05, 3.63) is 34.3 Å². The van der Waals surface area contributed by atoms with Crippen molar-refractivity contribution in [1.29, 1.82) is 0 Å². The van der Waals surface area contributed by atoms with E-state index in [-0.39, 0.29) is 0 Å². The Labute approximate surface area is 89.9 Å². The van der Waals surface area contributed by atoms with Gasteiger partial charge in [-0.1, -0.05) is 24.6 Å². The van der Waals surface area contributed by atoms with Crippen LogP contribution >= 0.6 is 23.2 Å². The summed E-state index contributed by atoms with van der Waals surface area (Å²) in [7, 11) is 0. The topological polar surface area (TPSA) is 0 Å². The number of benzene rings is 1. The first-order valence-electron chi connectivity index (χ1n) is 4.60. The van der Waals surface area contributed by atoms with Crippen molar-refractivity contribution >= 4 is 23.2 Å². The van der Waals surface area contributed by atoms with Crippen LogP contribution in [0.2, 0.25) is 5.02 Å². The summed E-state index contributed by atoms with van der Waals surface area (Å²) in [5.41, 5.74) is 2.60. The molecule has 0 amide bonds. The lowest BCUT2D eigenvalue weighted by atomic mass is 10.1. The molecule has 0 saturated carbocycles. The number of hydrogen-bond donors (Lipinski definition) is 0. The molecule has 13 heavy (non-hydrogen) atoms. The Bertz CT molecular complexity index is 269. The van der Waals surface area contributed by atoms with E-state index in [0.717, 1.165) is 24.3 Å². The molecule has 1 aromatic rings. The van der Waals surface area contributed by atoms with Crippen LogP contribution in [0.5, 0.6) is 0 Å². The fourth-order valence-electron chi connectivity index (χ4n) is 1.34. The predicted octanol–water partition coefficient (Wildman–Crippen LogP) is 4.07. The lowest BCUT2D eigenvalue weighted by Gasteiger charge is -2.03. The second kappa shape index (κ2) is 5.51. The summed E-state index contributed by atoms with van der Waals surface area (Å²) in [6.07, 6.45) is 3.08. The molecular weight excluding hydrogens is 203 g/mol. The van der Waals surface area contributed by atoms with Gasteiger partial charge in [-0.3, -0.25) is 0 Å². The monoisotopic (exact) mass is 216 g/mol. The first kappa shape index (κ1) is 10.9. The van der Waals surface area contributed by atoms with Gasteiger partial charge in [-0.15, -0.1) is 11.6 Å². The molecule has 0 saturated heterocycles. The van der Waals surface area contributed by atoms with Crippen molar-refractivity contribution in [3.8, 4) is 0 Å². The fraction of sp³-hybridized carbons (Fsp3) is 0.455. The van der Waals surface area contributed by atoms with Crippen LogP contribution in [0.3, 0.4) is 0 Å². The smallest absolute Gasteiger partial charge is 0.0411 e. The number of aryl methyl sites for hydroxylation is 2. The zero-order chi connectivity index (χ0) is 9.68. The second-order valence-electron chi connectivity index (χ2n) is 3.11. The van der Waals surface area contributed by atoms with E-state index < -0.39 is 0 Å². The van der Waals surface area contributed by atoms with Gasteiger partial charge in [0.05, 0.1) is 0 Å². The van der Waals surface area contributed by atoms with Gasteiger partial charge in [0, 0.05) is 10.9 Å². The minimum atomic E-state index is 0.716. The second-order valence-corrected chi connectivity index (χ2v) is 3.93. The Balaban J connectivity index is 2.76. The Hall–Kier alpha value is -0.200. The molecule has 1 rings (SSSR count). The first-order chi connectivity index (χ1) is 6.26. The van der Waals surface area contributed by atoms with Crippen LogP contribution in [0.15, 0.2) is 18.2 Å². The molecule has 1 aromatic carbocycles. The molecule has 0 bridgehead atoms. The molecule has 0 fully saturated rings. The van der Waals surface area contributed by atoms with E-state index in [1.54, 1.807) is 0 Å². The lowest BCUT2D eigenvalue weighted by molar-refractivity contribution is 0.924. The molecule has 0 aliphatic carbocycles. The summed E-state index contributed by atoms with van der Waals surface area (Å²) in [5, 5.41) is 0.837. The predicted molar refractivity (Wildman–Crippen MR) is 59.9 cm³/mol. The number of rotatable bonds is 4. The number of alkyl halides is 1. The van der Waals surface area contributed by atoms with Crippen molar-refractivity contribution in [1.82, 2.24) is 0 Å². The highest BCUT2D eigenvalue weighted by Gasteiger charge is 1.98. The third-order valence-corrected chi connectivity index (χ3v) is 2.51. The summed E-state index contributed by atoms with van der Waals surface area (Å²) in [6.45, 7) is 2.14. The normalized spacial score (nSPS) is 10.4. The molecule has 2 heteroatoms. The Morgan fingerprint density at radius 2 is 1.85 bits per heavy atom. The first-order valence-corrected chi connectivity index (χ1v) is 5.51. The quantitative estimate of drug-likeness (QED) is 0.666. The summed E-state index contributed by atoms with van der Waals surface area (Å²) in [4.78, 5) is 0. The average molecular weight is 217 g/mol. The van der Waals surface area contributed by atoms with E-state index in [1.165, 1.54) is 11.1 Å². The maximum Gasteiger partial charge on any atom is 0.0411 e. The van der Waals surface area contributed by atoms with Gasteiger partial charge in [-0.25, -0.2) is 0 Å². The van der Waals surface area contributed by atoms with E-state index in [4.69, 9.17) is 23.2 Å². The van der Waals surface area contributed by atoms with Crippen LogP contribution in [-0.4, -0.2) is 5.88 Å². The Morgan fingerprint density at radius 1 is 1.15 bits per heavy atom. The molecule has 0 spiro atoms. The molecule has 0 N–H and O–H groups in total. The summed E-state index contributed by atoms with van der Waals surface area (Å²) >= 11 is 11.6. The minimum Gasteiger partial charge on any atom is -0.127 e. The van der Waals surface area contributed by atoms with Crippen LogP contribution in [0.4, 0.5) is 0 Å². The minimum absolute atomic E-state index is 0.716. The highest BCUT2D eigenvalue weighted by molar-refractivity contribution is 6.30. The van der Waals surface area contributed by atoms with Crippen LogP contribution in [0.25, 0.3) is 0 Å². The maximum atomic E-state index is 5.97. The van der Waals surface area contributed by atoms with Gasteiger partial charge in [0.2, 0.25) is 0 Å². The zero-order valence-corrected chi connectivity index (χ0v) is 9.33. The largest absolute Gasteiger partial charge is 0.127 e. The van der Waals surface area contributed by atoms with Gasteiger partial charge in [0.1, 0.15) is 0 Å². The third-order valence-electron chi connectivity index (χ3n) is 2.02. The number of halogens is 2. The van der Waals surface area contributed by atoms with Crippen molar-refractivity contribution in [2.75, 3.05) is 5.88 Å². The average Bonchev–Trinajstić information content (AvgIpc) is 2.14. The standard InChI is InChI=1S/C11H14Cl2/c1-2-9-6-10(4-3-5-12)8-11(13)7-9/h6-8H,2-5H2,1H3. The third kappa shape index (κ3) is 3.58. The maximum absolute atomic E-state index is 5.97. The van der Waals surface area contributed by atoms with E-state index in [2.05, 4.69) is 13.0 Å². The Morgan fingerprint density at radius 3 is 2.46 bits per heavy atom. The number of hydrogen-bond acceptors (Lipinski definition) is 0. The van der Waals surface area contributed by atoms with Crippen molar-refractivity contribution in [2.45, 2.75) is 26.2 Å². The van der Waals surface area contributed by atoms with Gasteiger partial charge in [0.25, 0.3) is 0 Å². The van der Waals surface area contributed by atoms with Crippen LogP contribution in [-0.2, 0) is 12.8 Å². The fourth-order valence-corrected chi connectivity index (χ4v) is 1.75. The molecule has 0 aliphatic rings. The van der Waals surface area contributed by atoms with Crippen molar-refractivity contribution in [3.63, 3.8) is 0 Å². The molecular formula is C11H14Cl2. The molecule has 0 atom stereocenters. The SMILES string of the molecule is CCc1cc(Cl)cc(CCCCl)c1. The Kier molecular flexibility index (Phi) is 4.61. The summed E-state index contributed by atoms with van der Waals surface area (Å²) in [6, 6.07) is 6.25. The van der Waals surface area contributed by atoms with Crippen molar-refractivity contribution in [2.24, 2.45) is 0 Å². The van der Waals surface area contributed by atoms with Gasteiger partial charge in [0.15, 0.2) is 0 Å². The molecule has 0 heterocycles. The van der Waals surface area contributed by atoms with E-state index in [9.17, 15) is 0 Å². The lowest BCUT2D eigenvalue weighted by Crippen LogP contribution is -1.89. The molecule has 0 nitrogen and oxygen atoms in total. The van der Waals surface area contributed by atoms with E-state index in [0.29, 0.717) is 5.88 Å². The molecule has 0 aliphatic heterocycles. The molecule has 0 radical (unpaired) electrons. The molecule has 0 unspecified atom stereocenters. The molecule has 72 valence electrons. The van der Waals surface area contributed by atoms with Crippen LogP contribution in [0, 0.1) is 0 Å². The van der Waals surface area contributed by atoms with Gasteiger partial charge < -0.3 is 0 Å². The summed E-state index contributed by atoms with van der Waals surface area (Å²) in [5.74, 6) is 0.716. The summed E-state index contributed by atoms with van der Waals surface area (Å²) < 4.78 is 0. The van der Waals surface area contributed by atoms with Crippen LogP contribution < -0.4 is 0 Å². The van der Waals surface area contributed by atoms with Crippen LogP contribution in [0.1, 0.15) is 24.5 Å². The van der Waals surface area contributed by atoms with E-state index >= 15 is 0 Å². The van der Waals surface area contributed by atoms with Gasteiger partial charge in [-0.05, 0) is 42.5 Å². The van der Waals surface area contributed by atoms with E-state index in [1.807, 2.05) is 12.1 Å². The molecule has 0 aromatic heterocycles. The highest BCUT2D eigenvalue weighted by atomic mass is 35.5. The van der Waals surface area contributed by atoms with Gasteiger partial charge in [-0.2, -0.15) is 0 Å². The van der Waals surface area contributed by atoms with Gasteiger partial charge >= 0.3 is 0 Å². The van der Waals surface area contributed by atoms with Crippen molar-refractivity contribution < 1.29 is 0 Å². The highest BCUT2D eigenvalue weighted by Crippen LogP contribution is 2.16.